The predicted octanol–water partition coefficient (Wildman–Crippen LogP) is 4.57. The molecule has 4 nitrogen and oxygen atoms in total. The molecule has 0 aliphatic heterocycles. The monoisotopic (exact) mass is 312 g/mol. The maximum absolute atomic E-state index is 5.33. The molecule has 3 rings (SSSR count). The molecule has 0 fully saturated rings. The maximum atomic E-state index is 5.33. The van der Waals surface area contributed by atoms with Gasteiger partial charge in [0, 0.05) is 10.9 Å². The van der Waals surface area contributed by atoms with Gasteiger partial charge in [-0.1, -0.05) is 12.1 Å². The van der Waals surface area contributed by atoms with E-state index < -0.39 is 0 Å². The average Bonchev–Trinajstić information content (AvgIpc) is 3.04. The van der Waals surface area contributed by atoms with Gasteiger partial charge in [0.15, 0.2) is 5.13 Å². The van der Waals surface area contributed by atoms with Crippen LogP contribution >= 0.6 is 11.3 Å². The molecule has 3 aromatic rings. The van der Waals surface area contributed by atoms with E-state index in [1.54, 1.807) is 25.6 Å². The number of nitrogens with zero attached hydrogens (tertiary/aromatic N) is 1. The Morgan fingerprint density at radius 1 is 0.955 bits per heavy atom. The number of hydrogen-bond donors (Lipinski definition) is 1. The molecule has 5 heteroatoms. The van der Waals surface area contributed by atoms with Gasteiger partial charge in [-0.25, -0.2) is 4.98 Å². The zero-order valence-electron chi connectivity index (χ0n) is 12.4. The summed E-state index contributed by atoms with van der Waals surface area (Å²) in [6.07, 6.45) is 0. The number of ether oxygens (including phenoxy) is 2. The number of rotatable bonds is 5. The molecule has 0 bridgehead atoms. The predicted molar refractivity (Wildman–Crippen MR) is 90.4 cm³/mol. The smallest absolute Gasteiger partial charge is 0.187 e. The standard InChI is InChI=1S/C17H16N2O2S/c1-20-13-9-7-12(8-10-13)15-11-22-17(19-15)18-14-5-3-4-6-16(14)21-2/h3-11H,1-2H3,(H,18,19). The van der Waals surface area contributed by atoms with Crippen molar-refractivity contribution in [2.75, 3.05) is 19.5 Å². The first-order valence-corrected chi connectivity index (χ1v) is 7.68. The number of benzene rings is 2. The minimum absolute atomic E-state index is 0.795. The van der Waals surface area contributed by atoms with Crippen molar-refractivity contribution >= 4 is 22.2 Å². The highest BCUT2D eigenvalue weighted by atomic mass is 32.1. The number of hydrogen-bond acceptors (Lipinski definition) is 5. The fourth-order valence-electron chi connectivity index (χ4n) is 2.09. The molecule has 0 aliphatic rings. The largest absolute Gasteiger partial charge is 0.497 e. The Hall–Kier alpha value is -2.53. The molecule has 22 heavy (non-hydrogen) atoms. The number of aromatic nitrogens is 1. The minimum Gasteiger partial charge on any atom is -0.497 e. The van der Waals surface area contributed by atoms with Gasteiger partial charge in [-0.2, -0.15) is 0 Å². The lowest BCUT2D eigenvalue weighted by Gasteiger charge is -2.08. The average molecular weight is 312 g/mol. The van der Waals surface area contributed by atoms with Gasteiger partial charge in [-0.3, -0.25) is 0 Å². The Kier molecular flexibility index (Phi) is 4.25. The van der Waals surface area contributed by atoms with Crippen molar-refractivity contribution in [3.63, 3.8) is 0 Å². The second-order valence-corrected chi connectivity index (χ2v) is 5.45. The topological polar surface area (TPSA) is 43.4 Å². The van der Waals surface area contributed by atoms with Crippen LogP contribution in [0.4, 0.5) is 10.8 Å². The fraction of sp³-hybridized carbons (Fsp3) is 0.118. The minimum atomic E-state index is 0.795. The van der Waals surface area contributed by atoms with Crippen LogP contribution in [0.15, 0.2) is 53.9 Å². The summed E-state index contributed by atoms with van der Waals surface area (Å²) in [5, 5.41) is 6.15. The van der Waals surface area contributed by atoms with Crippen LogP contribution in [0.2, 0.25) is 0 Å². The normalized spacial score (nSPS) is 10.3. The highest BCUT2D eigenvalue weighted by Crippen LogP contribution is 2.31. The summed E-state index contributed by atoms with van der Waals surface area (Å²) in [6, 6.07) is 15.6. The van der Waals surface area contributed by atoms with Crippen LogP contribution in [-0.4, -0.2) is 19.2 Å². The van der Waals surface area contributed by atoms with E-state index in [0.717, 1.165) is 33.6 Å². The van der Waals surface area contributed by atoms with E-state index in [1.807, 2.05) is 53.9 Å². The van der Waals surface area contributed by atoms with E-state index in [-0.39, 0.29) is 0 Å². The zero-order chi connectivity index (χ0) is 15.4. The zero-order valence-corrected chi connectivity index (χ0v) is 13.2. The molecular formula is C17H16N2O2S. The van der Waals surface area contributed by atoms with E-state index in [1.165, 1.54) is 0 Å². The number of nitrogens with one attached hydrogen (secondary N) is 1. The molecular weight excluding hydrogens is 296 g/mol. The summed E-state index contributed by atoms with van der Waals surface area (Å²) >= 11 is 1.56. The van der Waals surface area contributed by atoms with E-state index in [2.05, 4.69) is 10.3 Å². The molecule has 1 aromatic heterocycles. The van der Waals surface area contributed by atoms with Crippen molar-refractivity contribution in [1.82, 2.24) is 4.98 Å². The molecule has 0 atom stereocenters. The first-order valence-electron chi connectivity index (χ1n) is 6.80. The summed E-state index contributed by atoms with van der Waals surface area (Å²) in [5.41, 5.74) is 2.90. The van der Waals surface area contributed by atoms with Crippen molar-refractivity contribution in [3.8, 4) is 22.8 Å². The fourth-order valence-corrected chi connectivity index (χ4v) is 2.82. The second kappa shape index (κ2) is 6.49. The molecule has 1 heterocycles. The third-order valence-electron chi connectivity index (χ3n) is 3.24. The van der Waals surface area contributed by atoms with Crippen LogP contribution in [0, 0.1) is 0 Å². The first-order chi connectivity index (χ1) is 10.8. The summed E-state index contributed by atoms with van der Waals surface area (Å²) < 4.78 is 10.5. The van der Waals surface area contributed by atoms with Crippen molar-refractivity contribution < 1.29 is 9.47 Å². The number of thiazole rings is 1. The van der Waals surface area contributed by atoms with Crippen molar-refractivity contribution in [1.29, 1.82) is 0 Å². The lowest BCUT2D eigenvalue weighted by atomic mass is 10.2. The molecule has 2 aromatic carbocycles. The molecule has 1 N–H and O–H groups in total. The van der Waals surface area contributed by atoms with Gasteiger partial charge >= 0.3 is 0 Å². The van der Waals surface area contributed by atoms with Gasteiger partial charge < -0.3 is 14.8 Å². The second-order valence-electron chi connectivity index (χ2n) is 4.59. The summed E-state index contributed by atoms with van der Waals surface area (Å²) in [6.45, 7) is 0. The van der Waals surface area contributed by atoms with Crippen LogP contribution in [0.25, 0.3) is 11.3 Å². The number of para-hydroxylation sites is 2. The Balaban J connectivity index is 1.81. The lowest BCUT2D eigenvalue weighted by molar-refractivity contribution is 0.415. The van der Waals surface area contributed by atoms with Crippen molar-refractivity contribution in [3.05, 3.63) is 53.9 Å². The van der Waals surface area contributed by atoms with E-state index in [4.69, 9.17) is 9.47 Å². The third kappa shape index (κ3) is 3.04. The molecule has 0 saturated carbocycles. The SMILES string of the molecule is COc1ccc(-c2csc(Nc3ccccc3OC)n2)cc1. The van der Waals surface area contributed by atoms with Crippen LogP contribution < -0.4 is 14.8 Å². The molecule has 112 valence electrons. The summed E-state index contributed by atoms with van der Waals surface area (Å²) in [4.78, 5) is 4.62. The molecule has 0 radical (unpaired) electrons. The number of methoxy groups -OCH3 is 2. The Labute approximate surface area is 133 Å². The van der Waals surface area contributed by atoms with E-state index in [0.29, 0.717) is 0 Å². The highest BCUT2D eigenvalue weighted by molar-refractivity contribution is 7.14. The van der Waals surface area contributed by atoms with Gasteiger partial charge in [0.1, 0.15) is 11.5 Å². The first kappa shape index (κ1) is 14.4. The Bertz CT molecular complexity index is 753. The molecule has 0 saturated heterocycles. The molecule has 0 spiro atoms. The van der Waals surface area contributed by atoms with Gasteiger partial charge in [-0.15, -0.1) is 11.3 Å². The van der Waals surface area contributed by atoms with Gasteiger partial charge in [-0.05, 0) is 36.4 Å². The Morgan fingerprint density at radius 2 is 1.73 bits per heavy atom. The Morgan fingerprint density at radius 3 is 2.45 bits per heavy atom. The molecule has 0 unspecified atom stereocenters. The molecule has 0 aliphatic carbocycles. The maximum Gasteiger partial charge on any atom is 0.187 e. The van der Waals surface area contributed by atoms with E-state index in [9.17, 15) is 0 Å². The van der Waals surface area contributed by atoms with Crippen molar-refractivity contribution in [2.24, 2.45) is 0 Å². The quantitative estimate of drug-likeness (QED) is 0.749. The van der Waals surface area contributed by atoms with Crippen molar-refractivity contribution in [2.45, 2.75) is 0 Å². The van der Waals surface area contributed by atoms with E-state index >= 15 is 0 Å². The third-order valence-corrected chi connectivity index (χ3v) is 4.00. The van der Waals surface area contributed by atoms with Crippen LogP contribution in [-0.2, 0) is 0 Å². The number of anilines is 2. The van der Waals surface area contributed by atoms with Gasteiger partial charge in [0.05, 0.1) is 25.6 Å². The summed E-state index contributed by atoms with van der Waals surface area (Å²) in [7, 11) is 3.32. The van der Waals surface area contributed by atoms with Gasteiger partial charge in [0.2, 0.25) is 0 Å². The lowest BCUT2D eigenvalue weighted by Crippen LogP contribution is -1.93. The molecule has 0 amide bonds. The highest BCUT2D eigenvalue weighted by Gasteiger charge is 2.07. The summed E-state index contributed by atoms with van der Waals surface area (Å²) in [5.74, 6) is 1.63. The van der Waals surface area contributed by atoms with Gasteiger partial charge in [0.25, 0.3) is 0 Å². The van der Waals surface area contributed by atoms with Crippen LogP contribution in [0.1, 0.15) is 0 Å². The van der Waals surface area contributed by atoms with Crippen LogP contribution in [0.5, 0.6) is 11.5 Å². The van der Waals surface area contributed by atoms with Crippen LogP contribution in [0.3, 0.4) is 0 Å².